The summed E-state index contributed by atoms with van der Waals surface area (Å²) >= 11 is 0. The fourth-order valence-electron chi connectivity index (χ4n) is 2.30. The van der Waals surface area contributed by atoms with E-state index in [1.807, 2.05) is 19.1 Å². The van der Waals surface area contributed by atoms with Gasteiger partial charge in [-0.1, -0.05) is 35.0 Å². The maximum Gasteiger partial charge on any atom is 0.316 e. The third-order valence-electron chi connectivity index (χ3n) is 3.74. The summed E-state index contributed by atoms with van der Waals surface area (Å²) in [5.41, 5.74) is 1.75. The fraction of sp³-hybridized carbons (Fsp3) is 0.158. The molecule has 0 atom stereocenters. The molecule has 0 fully saturated rings. The molecule has 0 aliphatic rings. The van der Waals surface area contributed by atoms with Crippen LogP contribution in [0, 0.1) is 12.7 Å². The van der Waals surface area contributed by atoms with Crippen molar-refractivity contribution < 1.29 is 18.5 Å². The lowest BCUT2D eigenvalue weighted by Gasteiger charge is -2.06. The molecule has 8 heteroatoms. The standard InChI is InChI=1S/C19H17FN4O3/c1-12-6-8-13(9-7-12)17(25)21-10-11-22-18(26)19-23-16(24-27-19)14-4-2-3-5-15(14)20/h2-9H,10-11H2,1H3,(H,21,25)(H,22,26). The summed E-state index contributed by atoms with van der Waals surface area (Å²) in [5, 5.41) is 8.86. The van der Waals surface area contributed by atoms with Crippen molar-refractivity contribution in [1.29, 1.82) is 0 Å². The highest BCUT2D eigenvalue weighted by atomic mass is 19.1. The van der Waals surface area contributed by atoms with E-state index in [-0.39, 0.29) is 36.3 Å². The predicted molar refractivity (Wildman–Crippen MR) is 95.5 cm³/mol. The highest BCUT2D eigenvalue weighted by Gasteiger charge is 2.17. The molecule has 0 aliphatic carbocycles. The van der Waals surface area contributed by atoms with Gasteiger partial charge in [-0.25, -0.2) is 4.39 Å². The van der Waals surface area contributed by atoms with E-state index in [1.165, 1.54) is 18.2 Å². The van der Waals surface area contributed by atoms with Gasteiger partial charge in [0.15, 0.2) is 0 Å². The number of benzene rings is 2. The molecule has 1 heterocycles. The predicted octanol–water partition coefficient (Wildman–Crippen LogP) is 2.34. The van der Waals surface area contributed by atoms with Gasteiger partial charge in [0.25, 0.3) is 5.91 Å². The molecule has 0 radical (unpaired) electrons. The molecular weight excluding hydrogens is 351 g/mol. The molecule has 7 nitrogen and oxygen atoms in total. The van der Waals surface area contributed by atoms with Crippen LogP contribution in [0.5, 0.6) is 0 Å². The summed E-state index contributed by atoms with van der Waals surface area (Å²) in [4.78, 5) is 27.9. The average molecular weight is 368 g/mol. The maximum atomic E-state index is 13.7. The second kappa shape index (κ2) is 8.22. The molecule has 2 N–H and O–H groups in total. The van der Waals surface area contributed by atoms with Crippen LogP contribution in [0.15, 0.2) is 53.1 Å². The maximum absolute atomic E-state index is 13.7. The minimum absolute atomic E-state index is 0.00840. The number of hydrogen-bond acceptors (Lipinski definition) is 5. The summed E-state index contributed by atoms with van der Waals surface area (Å²) in [5.74, 6) is -1.63. The van der Waals surface area contributed by atoms with Crippen molar-refractivity contribution in [3.63, 3.8) is 0 Å². The Labute approximate surface area is 154 Å². The van der Waals surface area contributed by atoms with Crippen LogP contribution in [0.3, 0.4) is 0 Å². The van der Waals surface area contributed by atoms with Crippen molar-refractivity contribution in [1.82, 2.24) is 20.8 Å². The van der Waals surface area contributed by atoms with E-state index in [0.29, 0.717) is 5.56 Å². The van der Waals surface area contributed by atoms with Gasteiger partial charge in [-0.3, -0.25) is 9.59 Å². The van der Waals surface area contributed by atoms with E-state index < -0.39 is 11.7 Å². The van der Waals surface area contributed by atoms with Gasteiger partial charge in [-0.05, 0) is 31.2 Å². The number of aromatic nitrogens is 2. The Bertz CT molecular complexity index is 954. The second-order valence-electron chi connectivity index (χ2n) is 5.78. The van der Waals surface area contributed by atoms with Crippen LogP contribution in [0.25, 0.3) is 11.4 Å². The first-order chi connectivity index (χ1) is 13.0. The summed E-state index contributed by atoms with van der Waals surface area (Å²) in [6.45, 7) is 2.34. The third-order valence-corrected chi connectivity index (χ3v) is 3.74. The largest absolute Gasteiger partial charge is 0.350 e. The lowest BCUT2D eigenvalue weighted by Crippen LogP contribution is -2.34. The Kier molecular flexibility index (Phi) is 5.55. The van der Waals surface area contributed by atoms with E-state index in [2.05, 4.69) is 20.8 Å². The molecule has 0 bridgehead atoms. The smallest absolute Gasteiger partial charge is 0.316 e. The van der Waals surface area contributed by atoms with Crippen molar-refractivity contribution in [2.75, 3.05) is 13.1 Å². The van der Waals surface area contributed by atoms with Crippen LogP contribution < -0.4 is 10.6 Å². The van der Waals surface area contributed by atoms with Crippen molar-refractivity contribution in [3.05, 3.63) is 71.4 Å². The zero-order valence-electron chi connectivity index (χ0n) is 14.5. The van der Waals surface area contributed by atoms with Gasteiger partial charge in [0.2, 0.25) is 5.82 Å². The number of carbonyl (C=O) groups is 2. The van der Waals surface area contributed by atoms with E-state index in [0.717, 1.165) is 5.56 Å². The van der Waals surface area contributed by atoms with Gasteiger partial charge in [0.1, 0.15) is 5.82 Å². The number of nitrogens with one attached hydrogen (secondary N) is 2. The molecule has 138 valence electrons. The molecule has 2 amide bonds. The lowest BCUT2D eigenvalue weighted by atomic mass is 10.1. The van der Waals surface area contributed by atoms with Crippen molar-refractivity contribution in [2.45, 2.75) is 6.92 Å². The molecule has 1 aromatic heterocycles. The second-order valence-corrected chi connectivity index (χ2v) is 5.78. The number of aryl methyl sites for hydroxylation is 1. The highest BCUT2D eigenvalue weighted by molar-refractivity contribution is 5.94. The van der Waals surface area contributed by atoms with E-state index in [9.17, 15) is 14.0 Å². The molecule has 3 aromatic rings. The van der Waals surface area contributed by atoms with E-state index in [4.69, 9.17) is 4.52 Å². The fourth-order valence-corrected chi connectivity index (χ4v) is 2.30. The third kappa shape index (κ3) is 4.55. The van der Waals surface area contributed by atoms with Crippen LogP contribution >= 0.6 is 0 Å². The van der Waals surface area contributed by atoms with Gasteiger partial charge in [0.05, 0.1) is 5.56 Å². The SMILES string of the molecule is Cc1ccc(C(=O)NCCNC(=O)c2nc(-c3ccccc3F)no2)cc1. The lowest BCUT2D eigenvalue weighted by molar-refractivity contribution is 0.0898. The van der Waals surface area contributed by atoms with Crippen LogP contribution in [-0.4, -0.2) is 35.0 Å². The number of rotatable bonds is 6. The number of hydrogen-bond donors (Lipinski definition) is 2. The summed E-state index contributed by atoms with van der Waals surface area (Å²) < 4.78 is 18.6. The van der Waals surface area contributed by atoms with E-state index >= 15 is 0 Å². The zero-order valence-corrected chi connectivity index (χ0v) is 14.5. The number of amides is 2. The summed E-state index contributed by atoms with van der Waals surface area (Å²) in [7, 11) is 0. The molecule has 0 saturated carbocycles. The molecule has 0 saturated heterocycles. The van der Waals surface area contributed by atoms with Crippen LogP contribution in [0.1, 0.15) is 26.6 Å². The Hall–Kier alpha value is -3.55. The van der Waals surface area contributed by atoms with E-state index in [1.54, 1.807) is 18.2 Å². The first kappa shape index (κ1) is 18.2. The monoisotopic (exact) mass is 368 g/mol. The highest BCUT2D eigenvalue weighted by Crippen LogP contribution is 2.18. The molecule has 3 rings (SSSR count). The Morgan fingerprint density at radius 3 is 2.37 bits per heavy atom. The van der Waals surface area contributed by atoms with Gasteiger partial charge >= 0.3 is 11.8 Å². The number of carbonyl (C=O) groups excluding carboxylic acids is 2. The molecule has 2 aromatic carbocycles. The van der Waals surface area contributed by atoms with Crippen LogP contribution in [-0.2, 0) is 0 Å². The quantitative estimate of drug-likeness (QED) is 0.651. The van der Waals surface area contributed by atoms with Crippen LogP contribution in [0.4, 0.5) is 4.39 Å². The summed E-state index contributed by atoms with van der Waals surface area (Å²) in [6.07, 6.45) is 0. The van der Waals surface area contributed by atoms with Gasteiger partial charge in [0, 0.05) is 18.7 Å². The molecule has 0 spiro atoms. The normalized spacial score (nSPS) is 10.4. The minimum atomic E-state index is -0.602. The van der Waals surface area contributed by atoms with Crippen molar-refractivity contribution in [2.24, 2.45) is 0 Å². The Balaban J connectivity index is 1.49. The van der Waals surface area contributed by atoms with Gasteiger partial charge in [-0.15, -0.1) is 0 Å². The Morgan fingerprint density at radius 2 is 1.67 bits per heavy atom. The summed E-state index contributed by atoms with van der Waals surface area (Å²) in [6, 6.07) is 13.1. The van der Waals surface area contributed by atoms with Crippen molar-refractivity contribution in [3.8, 4) is 11.4 Å². The number of nitrogens with zero attached hydrogens (tertiary/aromatic N) is 2. The molecule has 0 aliphatic heterocycles. The Morgan fingerprint density at radius 1 is 1.00 bits per heavy atom. The van der Waals surface area contributed by atoms with Gasteiger partial charge < -0.3 is 15.2 Å². The van der Waals surface area contributed by atoms with Crippen LogP contribution in [0.2, 0.25) is 0 Å². The zero-order chi connectivity index (χ0) is 19.2. The van der Waals surface area contributed by atoms with Crippen molar-refractivity contribution >= 4 is 11.8 Å². The van der Waals surface area contributed by atoms with Gasteiger partial charge in [-0.2, -0.15) is 4.98 Å². The topological polar surface area (TPSA) is 97.1 Å². The molecule has 0 unspecified atom stereocenters. The first-order valence-electron chi connectivity index (χ1n) is 8.26. The molecule has 27 heavy (non-hydrogen) atoms. The first-order valence-corrected chi connectivity index (χ1v) is 8.26. The molecular formula is C19H17FN4O3. The average Bonchev–Trinajstić information content (AvgIpc) is 3.16. The number of halogens is 1. The minimum Gasteiger partial charge on any atom is -0.350 e.